The van der Waals surface area contributed by atoms with Crippen LogP contribution in [0.1, 0.15) is 32.3 Å². The number of carbonyl (C=O) groups is 1. The summed E-state index contributed by atoms with van der Waals surface area (Å²) in [7, 11) is 0. The number of nitrogens with one attached hydrogen (secondary N) is 1. The molecule has 2 N–H and O–H groups in total. The maximum atomic E-state index is 12.9. The van der Waals surface area contributed by atoms with E-state index in [4.69, 9.17) is 32.9 Å². The van der Waals surface area contributed by atoms with Crippen LogP contribution >= 0.6 is 23.2 Å². The van der Waals surface area contributed by atoms with E-state index in [9.17, 15) is 9.90 Å². The molecule has 0 bridgehead atoms. The molecule has 0 saturated carbocycles. The highest BCUT2D eigenvalue weighted by Gasteiger charge is 2.43. The van der Waals surface area contributed by atoms with E-state index in [2.05, 4.69) is 10.2 Å². The zero-order valence-electron chi connectivity index (χ0n) is 19.3. The third-order valence-electron chi connectivity index (χ3n) is 6.25. The van der Waals surface area contributed by atoms with Crippen molar-refractivity contribution in [1.82, 2.24) is 15.2 Å². The molecule has 1 aliphatic heterocycles. The lowest BCUT2D eigenvalue weighted by Crippen LogP contribution is -2.43. The smallest absolute Gasteiger partial charge is 0.218 e. The first-order chi connectivity index (χ1) is 16.6. The van der Waals surface area contributed by atoms with Gasteiger partial charge in [0.2, 0.25) is 11.7 Å². The maximum Gasteiger partial charge on any atom is 0.218 e. The first-order valence-corrected chi connectivity index (χ1v) is 11.9. The molecule has 2 unspecified atom stereocenters. The number of hydrogen-bond acceptors (Lipinski definition) is 5. The van der Waals surface area contributed by atoms with Crippen LogP contribution in [-0.2, 0) is 4.79 Å². The summed E-state index contributed by atoms with van der Waals surface area (Å²) in [4.78, 5) is 17.7. The molecule has 1 aliphatic rings. The van der Waals surface area contributed by atoms with Gasteiger partial charge in [0.05, 0.1) is 16.4 Å². The van der Waals surface area contributed by atoms with Gasteiger partial charge in [-0.25, -0.2) is 4.98 Å². The molecule has 4 aromatic rings. The summed E-state index contributed by atoms with van der Waals surface area (Å²) in [5.41, 5.74) is 4.10. The van der Waals surface area contributed by atoms with Crippen molar-refractivity contribution in [2.75, 3.05) is 0 Å². The number of hydrogen-bond donors (Lipinski definition) is 2. The van der Waals surface area contributed by atoms with Gasteiger partial charge in [-0.1, -0.05) is 54.4 Å². The molecule has 35 heavy (non-hydrogen) atoms. The number of nitrogens with zero attached hydrogens (tertiary/aromatic N) is 2. The standard InChI is InChI=1S/C27H23Cl2N3O3/c1-14-19-13-20(15-4-7-17(28)8-5-15)23(31-26(19)35-24(14)25(33)27(2,3)34)18-9-6-16(12-21(18)29)22-10-11-30-32-22/h4-14,24,34H,1-3H3,(H,30,32). The van der Waals surface area contributed by atoms with Crippen LogP contribution in [-0.4, -0.2) is 37.8 Å². The van der Waals surface area contributed by atoms with Gasteiger partial charge in [0.15, 0.2) is 6.10 Å². The number of aliphatic hydroxyl groups is 1. The molecule has 3 heterocycles. The molecule has 5 rings (SSSR count). The normalized spacial score (nSPS) is 17.2. The van der Waals surface area contributed by atoms with Crippen molar-refractivity contribution in [2.24, 2.45) is 0 Å². The highest BCUT2D eigenvalue weighted by molar-refractivity contribution is 6.33. The van der Waals surface area contributed by atoms with Crippen molar-refractivity contribution in [2.45, 2.75) is 38.4 Å². The van der Waals surface area contributed by atoms with Crippen molar-refractivity contribution in [3.8, 4) is 39.5 Å². The van der Waals surface area contributed by atoms with E-state index in [-0.39, 0.29) is 11.7 Å². The van der Waals surface area contributed by atoms with E-state index in [1.807, 2.05) is 61.5 Å². The van der Waals surface area contributed by atoms with Gasteiger partial charge in [-0.2, -0.15) is 5.10 Å². The van der Waals surface area contributed by atoms with Crippen molar-refractivity contribution in [3.63, 3.8) is 0 Å². The highest BCUT2D eigenvalue weighted by Crippen LogP contribution is 2.45. The fourth-order valence-corrected chi connectivity index (χ4v) is 4.69. The minimum atomic E-state index is -1.52. The highest BCUT2D eigenvalue weighted by atomic mass is 35.5. The van der Waals surface area contributed by atoms with Crippen LogP contribution in [0.3, 0.4) is 0 Å². The number of Topliss-reactive ketones (excluding diaryl/α,β-unsaturated/α-hetero) is 1. The number of pyridine rings is 1. The summed E-state index contributed by atoms with van der Waals surface area (Å²) in [5, 5.41) is 18.4. The van der Waals surface area contributed by atoms with Gasteiger partial charge in [0.25, 0.3) is 0 Å². The first kappa shape index (κ1) is 23.5. The second-order valence-electron chi connectivity index (χ2n) is 9.20. The number of ketones is 1. The van der Waals surface area contributed by atoms with Crippen LogP contribution in [0.25, 0.3) is 33.6 Å². The number of H-pyrrole nitrogens is 1. The van der Waals surface area contributed by atoms with E-state index in [1.54, 1.807) is 6.20 Å². The number of halogens is 2. The fraction of sp³-hybridized carbons (Fsp3) is 0.222. The summed E-state index contributed by atoms with van der Waals surface area (Å²) >= 11 is 12.9. The predicted molar refractivity (Wildman–Crippen MR) is 137 cm³/mol. The van der Waals surface area contributed by atoms with Crippen molar-refractivity contribution in [3.05, 3.63) is 76.4 Å². The molecule has 178 valence electrons. The lowest BCUT2D eigenvalue weighted by molar-refractivity contribution is -0.141. The SMILES string of the molecule is CC1c2cc(-c3ccc(Cl)cc3)c(-c3ccc(-c4ccn[nH]4)cc3Cl)nc2OC1C(=O)C(C)(C)O. The molecule has 2 atom stereocenters. The molecular formula is C27H23Cl2N3O3. The Hall–Kier alpha value is -3.19. The molecule has 0 aliphatic carbocycles. The second-order valence-corrected chi connectivity index (χ2v) is 10.0. The number of aromatic nitrogens is 3. The Balaban J connectivity index is 1.66. The largest absolute Gasteiger partial charge is 0.465 e. The van der Waals surface area contributed by atoms with E-state index in [0.717, 1.165) is 33.5 Å². The first-order valence-electron chi connectivity index (χ1n) is 11.2. The van der Waals surface area contributed by atoms with Gasteiger partial charge in [-0.05, 0) is 49.7 Å². The molecule has 2 aromatic carbocycles. The van der Waals surface area contributed by atoms with Crippen molar-refractivity contribution in [1.29, 1.82) is 0 Å². The topological polar surface area (TPSA) is 88.1 Å². The molecule has 0 radical (unpaired) electrons. The summed E-state index contributed by atoms with van der Waals surface area (Å²) in [5.74, 6) is -0.309. The maximum absolute atomic E-state index is 12.9. The molecular weight excluding hydrogens is 485 g/mol. The van der Waals surface area contributed by atoms with Crippen LogP contribution in [0.15, 0.2) is 60.8 Å². The average molecular weight is 508 g/mol. The number of benzene rings is 2. The number of rotatable bonds is 5. The second kappa shape index (κ2) is 8.79. The molecule has 2 aromatic heterocycles. The van der Waals surface area contributed by atoms with Gasteiger partial charge in [0.1, 0.15) is 5.60 Å². The Labute approximate surface area is 212 Å². The molecule has 0 spiro atoms. The summed E-state index contributed by atoms with van der Waals surface area (Å²) in [6.07, 6.45) is 0.853. The average Bonchev–Trinajstić information content (AvgIpc) is 3.46. The minimum absolute atomic E-state index is 0.283. The third-order valence-corrected chi connectivity index (χ3v) is 6.82. The summed E-state index contributed by atoms with van der Waals surface area (Å²) < 4.78 is 6.00. The summed E-state index contributed by atoms with van der Waals surface area (Å²) in [6, 6.07) is 17.0. The molecule has 8 heteroatoms. The predicted octanol–water partition coefficient (Wildman–Crippen LogP) is 6.32. The van der Waals surface area contributed by atoms with Crippen LogP contribution < -0.4 is 4.74 Å². The number of aromatic amines is 1. The van der Waals surface area contributed by atoms with Gasteiger partial charge >= 0.3 is 0 Å². The van der Waals surface area contributed by atoms with Gasteiger partial charge in [0, 0.05) is 39.4 Å². The zero-order valence-corrected chi connectivity index (χ0v) is 20.9. The lowest BCUT2D eigenvalue weighted by atomic mass is 9.88. The lowest BCUT2D eigenvalue weighted by Gasteiger charge is -2.22. The quantitative estimate of drug-likeness (QED) is 0.330. The molecule has 6 nitrogen and oxygen atoms in total. The van der Waals surface area contributed by atoms with Crippen LogP contribution in [0.5, 0.6) is 5.88 Å². The summed E-state index contributed by atoms with van der Waals surface area (Å²) in [6.45, 7) is 4.83. The van der Waals surface area contributed by atoms with Gasteiger partial charge < -0.3 is 9.84 Å². The zero-order chi connectivity index (χ0) is 24.9. The Bertz CT molecular complexity index is 1410. The fourth-order valence-electron chi connectivity index (χ4n) is 4.29. The van der Waals surface area contributed by atoms with E-state index < -0.39 is 11.7 Å². The Morgan fingerprint density at radius 2 is 1.74 bits per heavy atom. The Kier molecular flexibility index (Phi) is 5.91. The van der Waals surface area contributed by atoms with Crippen LogP contribution in [0, 0.1) is 0 Å². The van der Waals surface area contributed by atoms with Gasteiger partial charge in [-0.15, -0.1) is 0 Å². The number of carbonyl (C=O) groups excluding carboxylic acids is 1. The van der Waals surface area contributed by atoms with Crippen molar-refractivity contribution < 1.29 is 14.6 Å². The van der Waals surface area contributed by atoms with Crippen molar-refractivity contribution >= 4 is 29.0 Å². The monoisotopic (exact) mass is 507 g/mol. The van der Waals surface area contributed by atoms with E-state index in [0.29, 0.717) is 21.6 Å². The molecule has 0 saturated heterocycles. The molecule has 0 fully saturated rings. The van der Waals surface area contributed by atoms with E-state index in [1.165, 1.54) is 13.8 Å². The van der Waals surface area contributed by atoms with E-state index >= 15 is 0 Å². The number of fused-ring (bicyclic) bond motifs is 1. The number of ether oxygens (including phenoxy) is 1. The molecule has 0 amide bonds. The third kappa shape index (κ3) is 4.33. The minimum Gasteiger partial charge on any atom is -0.465 e. The van der Waals surface area contributed by atoms with Crippen LogP contribution in [0.4, 0.5) is 0 Å². The Morgan fingerprint density at radius 1 is 1.03 bits per heavy atom. The van der Waals surface area contributed by atoms with Gasteiger partial charge in [-0.3, -0.25) is 9.89 Å². The Morgan fingerprint density at radius 3 is 2.37 bits per heavy atom. The van der Waals surface area contributed by atoms with Crippen LogP contribution in [0.2, 0.25) is 10.0 Å².